The second-order valence-electron chi connectivity index (χ2n) is 6.90. The molecule has 1 aromatic heterocycles. The summed E-state index contributed by atoms with van der Waals surface area (Å²) in [5.74, 6) is 0.0129. The molecule has 8 heteroatoms. The molecule has 4 aromatic rings. The highest BCUT2D eigenvalue weighted by Crippen LogP contribution is 2.32. The van der Waals surface area contributed by atoms with Crippen LogP contribution in [0.2, 0.25) is 0 Å². The minimum Gasteiger partial charge on any atom is -0.495 e. The fraction of sp³-hybridized carbons (Fsp3) is 0.0833. The van der Waals surface area contributed by atoms with Crippen LogP contribution in [-0.4, -0.2) is 22.8 Å². The number of carbonyl (C=O) groups is 1. The van der Waals surface area contributed by atoms with E-state index in [-0.39, 0.29) is 11.3 Å². The molecule has 5 nitrogen and oxygen atoms in total. The molecule has 32 heavy (non-hydrogen) atoms. The molecule has 0 spiro atoms. The van der Waals surface area contributed by atoms with Gasteiger partial charge < -0.3 is 10.1 Å². The summed E-state index contributed by atoms with van der Waals surface area (Å²) in [6, 6.07) is 20.6. The Bertz CT molecular complexity index is 1230. The van der Waals surface area contributed by atoms with Gasteiger partial charge in [-0.25, -0.2) is 4.68 Å². The lowest BCUT2D eigenvalue weighted by Crippen LogP contribution is -2.13. The van der Waals surface area contributed by atoms with Crippen LogP contribution >= 0.6 is 0 Å². The Morgan fingerprint density at radius 3 is 2.25 bits per heavy atom. The molecule has 0 unspecified atom stereocenters. The highest BCUT2D eigenvalue weighted by molar-refractivity contribution is 6.08. The van der Waals surface area contributed by atoms with E-state index in [0.717, 1.165) is 12.1 Å². The molecule has 0 saturated carbocycles. The van der Waals surface area contributed by atoms with Crippen LogP contribution < -0.4 is 10.1 Å². The van der Waals surface area contributed by atoms with E-state index in [9.17, 15) is 18.0 Å². The van der Waals surface area contributed by atoms with E-state index < -0.39 is 17.6 Å². The number of hydrogen-bond acceptors (Lipinski definition) is 3. The third-order valence-electron chi connectivity index (χ3n) is 4.82. The first-order valence-corrected chi connectivity index (χ1v) is 9.64. The van der Waals surface area contributed by atoms with E-state index in [1.165, 1.54) is 23.9 Å². The molecule has 0 aliphatic heterocycles. The number of halogens is 3. The Morgan fingerprint density at radius 1 is 0.938 bits per heavy atom. The quantitative estimate of drug-likeness (QED) is 0.428. The highest BCUT2D eigenvalue weighted by Gasteiger charge is 2.30. The summed E-state index contributed by atoms with van der Waals surface area (Å²) in [4.78, 5) is 13.1. The average Bonchev–Trinajstić information content (AvgIpc) is 3.25. The summed E-state index contributed by atoms with van der Waals surface area (Å²) >= 11 is 0. The van der Waals surface area contributed by atoms with E-state index >= 15 is 0 Å². The van der Waals surface area contributed by atoms with Gasteiger partial charge in [-0.05, 0) is 36.4 Å². The van der Waals surface area contributed by atoms with Crippen molar-refractivity contribution in [3.8, 4) is 22.7 Å². The summed E-state index contributed by atoms with van der Waals surface area (Å²) < 4.78 is 45.7. The lowest BCUT2D eigenvalue weighted by atomic mass is 10.1. The number of rotatable bonds is 5. The van der Waals surface area contributed by atoms with Crippen LogP contribution in [0.15, 0.2) is 85.1 Å². The zero-order chi connectivity index (χ0) is 22.7. The number of benzene rings is 3. The standard InChI is InChI=1S/C24H18F3N3O2/c1-32-21-10-6-5-9-20(21)28-23(31)19-15-30(18-7-3-2-4-8-18)29-22(19)16-11-13-17(14-12-16)24(25,26)27/h2-15H,1H3,(H,28,31). The molecule has 0 aliphatic carbocycles. The van der Waals surface area contributed by atoms with Crippen LogP contribution in [0.1, 0.15) is 15.9 Å². The minimum absolute atomic E-state index is 0.208. The maximum Gasteiger partial charge on any atom is 0.416 e. The minimum atomic E-state index is -4.45. The molecule has 0 aliphatic rings. The molecular formula is C24H18F3N3O2. The molecule has 0 fully saturated rings. The van der Waals surface area contributed by atoms with E-state index in [4.69, 9.17) is 4.74 Å². The van der Waals surface area contributed by atoms with E-state index in [0.29, 0.717) is 22.7 Å². The zero-order valence-electron chi connectivity index (χ0n) is 16.9. The fourth-order valence-electron chi connectivity index (χ4n) is 3.22. The number of hydrogen-bond donors (Lipinski definition) is 1. The molecule has 0 saturated heterocycles. The molecule has 0 atom stereocenters. The normalized spacial score (nSPS) is 11.2. The Morgan fingerprint density at radius 2 is 1.59 bits per heavy atom. The van der Waals surface area contributed by atoms with Gasteiger partial charge in [-0.15, -0.1) is 0 Å². The smallest absolute Gasteiger partial charge is 0.416 e. The number of aromatic nitrogens is 2. The first-order valence-electron chi connectivity index (χ1n) is 9.64. The molecule has 3 aromatic carbocycles. The molecular weight excluding hydrogens is 419 g/mol. The van der Waals surface area contributed by atoms with Gasteiger partial charge in [0.05, 0.1) is 29.6 Å². The highest BCUT2D eigenvalue weighted by atomic mass is 19.4. The topological polar surface area (TPSA) is 56.1 Å². The second kappa shape index (κ2) is 8.58. The average molecular weight is 437 g/mol. The number of para-hydroxylation sites is 3. The van der Waals surface area contributed by atoms with E-state index in [2.05, 4.69) is 10.4 Å². The maximum atomic E-state index is 13.1. The van der Waals surface area contributed by atoms with Crippen LogP contribution in [-0.2, 0) is 6.18 Å². The Hall–Kier alpha value is -4.07. The van der Waals surface area contributed by atoms with Crippen LogP contribution in [0.4, 0.5) is 18.9 Å². The first kappa shape index (κ1) is 21.2. The van der Waals surface area contributed by atoms with Crippen molar-refractivity contribution in [1.82, 2.24) is 9.78 Å². The van der Waals surface area contributed by atoms with Gasteiger partial charge in [0, 0.05) is 11.8 Å². The largest absolute Gasteiger partial charge is 0.495 e. The predicted molar refractivity (Wildman–Crippen MR) is 115 cm³/mol. The van der Waals surface area contributed by atoms with Gasteiger partial charge in [0.25, 0.3) is 5.91 Å². The SMILES string of the molecule is COc1ccccc1NC(=O)c1cn(-c2ccccc2)nc1-c1ccc(C(F)(F)F)cc1. The molecule has 1 N–H and O–H groups in total. The predicted octanol–water partition coefficient (Wildman–Crippen LogP) is 5.82. The van der Waals surface area contributed by atoms with E-state index in [1.54, 1.807) is 30.5 Å². The number of ether oxygens (including phenoxy) is 1. The van der Waals surface area contributed by atoms with E-state index in [1.807, 2.05) is 30.3 Å². The third kappa shape index (κ3) is 4.34. The molecule has 162 valence electrons. The molecule has 0 bridgehead atoms. The van der Waals surface area contributed by atoms with Gasteiger partial charge in [-0.3, -0.25) is 4.79 Å². The fourth-order valence-corrected chi connectivity index (χ4v) is 3.22. The van der Waals surface area contributed by atoms with Gasteiger partial charge in [0.1, 0.15) is 11.4 Å². The summed E-state index contributed by atoms with van der Waals surface area (Å²) in [7, 11) is 1.49. The van der Waals surface area contributed by atoms with Gasteiger partial charge in [-0.1, -0.05) is 42.5 Å². The molecule has 1 amide bonds. The maximum absolute atomic E-state index is 13.1. The first-order chi connectivity index (χ1) is 15.4. The lowest BCUT2D eigenvalue weighted by Gasteiger charge is -2.10. The van der Waals surface area contributed by atoms with Crippen LogP contribution in [0.5, 0.6) is 5.75 Å². The lowest BCUT2D eigenvalue weighted by molar-refractivity contribution is -0.137. The zero-order valence-corrected chi connectivity index (χ0v) is 16.9. The molecule has 1 heterocycles. The van der Waals surface area contributed by atoms with Crippen molar-refractivity contribution in [3.05, 3.63) is 96.2 Å². The number of methoxy groups -OCH3 is 1. The van der Waals surface area contributed by atoms with Crippen LogP contribution in [0.3, 0.4) is 0 Å². The van der Waals surface area contributed by atoms with Crippen molar-refractivity contribution >= 4 is 11.6 Å². The second-order valence-corrected chi connectivity index (χ2v) is 6.90. The summed E-state index contributed by atoms with van der Waals surface area (Å²) in [5.41, 5.74) is 1.25. The van der Waals surface area contributed by atoms with Gasteiger partial charge >= 0.3 is 6.18 Å². The number of alkyl halides is 3. The Kier molecular flexibility index (Phi) is 5.68. The summed E-state index contributed by atoms with van der Waals surface area (Å²) in [6.07, 6.45) is -2.90. The number of anilines is 1. The van der Waals surface area contributed by atoms with Crippen molar-refractivity contribution in [2.45, 2.75) is 6.18 Å². The molecule has 0 radical (unpaired) electrons. The van der Waals surface area contributed by atoms with Crippen molar-refractivity contribution in [2.75, 3.05) is 12.4 Å². The van der Waals surface area contributed by atoms with Crippen molar-refractivity contribution < 1.29 is 22.7 Å². The van der Waals surface area contributed by atoms with Crippen LogP contribution in [0.25, 0.3) is 16.9 Å². The van der Waals surface area contributed by atoms with Gasteiger partial charge in [0.2, 0.25) is 0 Å². The third-order valence-corrected chi connectivity index (χ3v) is 4.82. The van der Waals surface area contributed by atoms with Crippen molar-refractivity contribution in [1.29, 1.82) is 0 Å². The summed E-state index contributed by atoms with van der Waals surface area (Å²) in [5, 5.41) is 7.28. The van der Waals surface area contributed by atoms with Crippen molar-refractivity contribution in [2.24, 2.45) is 0 Å². The monoisotopic (exact) mass is 437 g/mol. The number of nitrogens with one attached hydrogen (secondary N) is 1. The van der Waals surface area contributed by atoms with Crippen LogP contribution in [0, 0.1) is 0 Å². The number of amides is 1. The van der Waals surface area contributed by atoms with Gasteiger partial charge in [-0.2, -0.15) is 18.3 Å². The summed E-state index contributed by atoms with van der Waals surface area (Å²) in [6.45, 7) is 0. The Labute approximate surface area is 182 Å². The number of carbonyl (C=O) groups excluding carboxylic acids is 1. The van der Waals surface area contributed by atoms with Gasteiger partial charge in [0.15, 0.2) is 0 Å². The number of nitrogens with zero attached hydrogens (tertiary/aromatic N) is 2. The molecule has 4 rings (SSSR count). The Balaban J connectivity index is 1.76. The van der Waals surface area contributed by atoms with Crippen molar-refractivity contribution in [3.63, 3.8) is 0 Å².